The quantitative estimate of drug-likeness (QED) is 0.552. The normalized spacial score (nSPS) is 38.6. The van der Waals surface area contributed by atoms with Crippen molar-refractivity contribution < 1.29 is 5.11 Å². The molecule has 0 unspecified atom stereocenters. The molecule has 42 valence electrons. The van der Waals surface area contributed by atoms with Gasteiger partial charge in [-0.15, -0.1) is 0 Å². The van der Waals surface area contributed by atoms with Crippen LogP contribution in [0.3, 0.4) is 0 Å². The molecular weight excluding hydrogens is 88.1 g/mol. The number of hydrogen-bond acceptors (Lipinski definition) is 1. The van der Waals surface area contributed by atoms with Crippen molar-refractivity contribution in [1.29, 1.82) is 0 Å². The van der Waals surface area contributed by atoms with Gasteiger partial charge in [0.25, 0.3) is 0 Å². The molecule has 0 saturated heterocycles. The van der Waals surface area contributed by atoms with Gasteiger partial charge in [-0.3, -0.25) is 0 Å². The molecule has 2 atom stereocenters. The highest BCUT2D eigenvalue weighted by molar-refractivity contribution is 4.84. The van der Waals surface area contributed by atoms with Gasteiger partial charge in [-0.05, 0) is 18.8 Å². The first-order valence-corrected chi connectivity index (χ1v) is 3.02. The first kappa shape index (κ1) is 5.10. The van der Waals surface area contributed by atoms with E-state index in [2.05, 4.69) is 6.92 Å². The van der Waals surface area contributed by atoms with Crippen LogP contribution in [-0.2, 0) is 0 Å². The first-order chi connectivity index (χ1) is 3.34. The predicted octanol–water partition coefficient (Wildman–Crippen LogP) is 1.17. The van der Waals surface area contributed by atoms with Gasteiger partial charge < -0.3 is 5.11 Å². The van der Waals surface area contributed by atoms with Gasteiger partial charge in [0, 0.05) is 0 Å². The van der Waals surface area contributed by atoms with E-state index in [4.69, 9.17) is 5.11 Å². The third-order valence-corrected chi connectivity index (χ3v) is 1.54. The van der Waals surface area contributed by atoms with Crippen molar-refractivity contribution in [1.82, 2.24) is 0 Å². The smallest absolute Gasteiger partial charge is 0.0573 e. The van der Waals surface area contributed by atoms with Crippen LogP contribution < -0.4 is 0 Å². The maximum absolute atomic E-state index is 8.76. The molecule has 7 heavy (non-hydrogen) atoms. The van der Waals surface area contributed by atoms with Crippen molar-refractivity contribution in [2.45, 2.75) is 32.3 Å². The average Bonchev–Trinajstić information content (AvgIpc) is 2.22. The lowest BCUT2D eigenvalue weighted by molar-refractivity contribution is 0.256. The van der Waals surface area contributed by atoms with Crippen LogP contribution in [0.25, 0.3) is 0 Å². The van der Waals surface area contributed by atoms with Crippen LogP contribution >= 0.6 is 0 Å². The van der Waals surface area contributed by atoms with Crippen molar-refractivity contribution in [2.75, 3.05) is 0 Å². The highest BCUT2D eigenvalue weighted by Gasteiger charge is 2.33. The summed E-state index contributed by atoms with van der Waals surface area (Å²) in [6, 6.07) is 0. The summed E-state index contributed by atoms with van der Waals surface area (Å²) in [4.78, 5) is 0. The van der Waals surface area contributed by atoms with Gasteiger partial charge in [0.15, 0.2) is 0 Å². The summed E-state index contributed by atoms with van der Waals surface area (Å²) >= 11 is 0. The topological polar surface area (TPSA) is 20.2 Å². The SMILES string of the molecule is CCC[C@H]1C[C@@H]1O. The number of rotatable bonds is 2. The summed E-state index contributed by atoms with van der Waals surface area (Å²) in [5, 5.41) is 8.76. The lowest BCUT2D eigenvalue weighted by atomic mass is 10.2. The summed E-state index contributed by atoms with van der Waals surface area (Å²) in [5.41, 5.74) is 0. The van der Waals surface area contributed by atoms with E-state index in [1.54, 1.807) is 0 Å². The minimum atomic E-state index is 0.0694. The van der Waals surface area contributed by atoms with Gasteiger partial charge in [-0.25, -0.2) is 0 Å². The Morgan fingerprint density at radius 2 is 2.29 bits per heavy atom. The Bertz CT molecular complexity index is 61.2. The van der Waals surface area contributed by atoms with Gasteiger partial charge in [0.2, 0.25) is 0 Å². The molecule has 0 aromatic rings. The monoisotopic (exact) mass is 100 g/mol. The standard InChI is InChI=1S/C6H12O/c1-2-3-5-4-6(5)7/h5-7H,2-4H2,1H3/t5-,6-/m0/s1. The number of aliphatic hydroxyl groups is 1. The van der Waals surface area contributed by atoms with Gasteiger partial charge in [-0.2, -0.15) is 0 Å². The van der Waals surface area contributed by atoms with Crippen LogP contribution in [0.15, 0.2) is 0 Å². The Hall–Kier alpha value is -0.0400. The van der Waals surface area contributed by atoms with Crippen molar-refractivity contribution >= 4 is 0 Å². The van der Waals surface area contributed by atoms with E-state index in [9.17, 15) is 0 Å². The number of hydrogen-bond donors (Lipinski definition) is 1. The molecule has 0 bridgehead atoms. The van der Waals surface area contributed by atoms with Crippen LogP contribution in [0, 0.1) is 5.92 Å². The first-order valence-electron chi connectivity index (χ1n) is 3.02. The molecular formula is C6H12O. The molecule has 0 amide bonds. The van der Waals surface area contributed by atoms with Crippen molar-refractivity contribution in [2.24, 2.45) is 5.92 Å². The lowest BCUT2D eigenvalue weighted by Gasteiger charge is -1.86. The molecule has 1 aliphatic carbocycles. The second-order valence-corrected chi connectivity index (χ2v) is 2.35. The van der Waals surface area contributed by atoms with Gasteiger partial charge in [-0.1, -0.05) is 13.3 Å². The molecule has 0 radical (unpaired) electrons. The Morgan fingerprint density at radius 1 is 1.71 bits per heavy atom. The predicted molar refractivity (Wildman–Crippen MR) is 29.0 cm³/mol. The summed E-state index contributed by atoms with van der Waals surface area (Å²) in [6.07, 6.45) is 3.58. The fraction of sp³-hybridized carbons (Fsp3) is 1.00. The number of aliphatic hydroxyl groups excluding tert-OH is 1. The van der Waals surface area contributed by atoms with Crippen LogP contribution in [0.4, 0.5) is 0 Å². The van der Waals surface area contributed by atoms with Gasteiger partial charge >= 0.3 is 0 Å². The van der Waals surface area contributed by atoms with E-state index in [1.165, 1.54) is 12.8 Å². The van der Waals surface area contributed by atoms with Crippen LogP contribution in [-0.4, -0.2) is 11.2 Å². The zero-order valence-electron chi connectivity index (χ0n) is 4.72. The summed E-state index contributed by atoms with van der Waals surface area (Å²) in [5.74, 6) is 0.671. The fourth-order valence-electron chi connectivity index (χ4n) is 0.913. The third kappa shape index (κ3) is 1.16. The van der Waals surface area contributed by atoms with Gasteiger partial charge in [0.05, 0.1) is 6.10 Å². The maximum atomic E-state index is 8.76. The van der Waals surface area contributed by atoms with Crippen LogP contribution in [0.1, 0.15) is 26.2 Å². The second-order valence-electron chi connectivity index (χ2n) is 2.35. The molecule has 0 aromatic heterocycles. The van der Waals surface area contributed by atoms with Crippen molar-refractivity contribution in [3.63, 3.8) is 0 Å². The molecule has 1 nitrogen and oxygen atoms in total. The second kappa shape index (κ2) is 1.83. The fourth-order valence-corrected chi connectivity index (χ4v) is 0.913. The Balaban J connectivity index is 1.98. The Kier molecular flexibility index (Phi) is 1.33. The van der Waals surface area contributed by atoms with E-state index in [1.807, 2.05) is 0 Å². The largest absolute Gasteiger partial charge is 0.393 e. The average molecular weight is 100 g/mol. The zero-order chi connectivity index (χ0) is 5.28. The van der Waals surface area contributed by atoms with E-state index in [0.29, 0.717) is 5.92 Å². The minimum absolute atomic E-state index is 0.0694. The Morgan fingerprint density at radius 3 is 2.43 bits per heavy atom. The van der Waals surface area contributed by atoms with E-state index in [0.717, 1.165) is 6.42 Å². The molecule has 1 aliphatic rings. The van der Waals surface area contributed by atoms with Crippen molar-refractivity contribution in [3.8, 4) is 0 Å². The molecule has 1 saturated carbocycles. The Labute approximate surface area is 44.4 Å². The molecule has 0 spiro atoms. The molecule has 1 heteroatoms. The summed E-state index contributed by atoms with van der Waals surface area (Å²) in [7, 11) is 0. The zero-order valence-corrected chi connectivity index (χ0v) is 4.72. The van der Waals surface area contributed by atoms with Crippen LogP contribution in [0.5, 0.6) is 0 Å². The lowest BCUT2D eigenvalue weighted by Crippen LogP contribution is -1.82. The third-order valence-electron chi connectivity index (χ3n) is 1.54. The van der Waals surface area contributed by atoms with Crippen molar-refractivity contribution in [3.05, 3.63) is 0 Å². The highest BCUT2D eigenvalue weighted by Crippen LogP contribution is 2.33. The molecule has 0 aromatic carbocycles. The molecule has 0 heterocycles. The van der Waals surface area contributed by atoms with E-state index < -0.39 is 0 Å². The maximum Gasteiger partial charge on any atom is 0.0573 e. The molecule has 1 N–H and O–H groups in total. The van der Waals surface area contributed by atoms with Gasteiger partial charge in [0.1, 0.15) is 0 Å². The molecule has 1 rings (SSSR count). The summed E-state index contributed by atoms with van der Waals surface area (Å²) in [6.45, 7) is 2.16. The summed E-state index contributed by atoms with van der Waals surface area (Å²) < 4.78 is 0. The van der Waals surface area contributed by atoms with Crippen LogP contribution in [0.2, 0.25) is 0 Å². The van der Waals surface area contributed by atoms with E-state index in [-0.39, 0.29) is 6.10 Å². The molecule has 0 aliphatic heterocycles. The molecule has 1 fully saturated rings. The van der Waals surface area contributed by atoms with E-state index >= 15 is 0 Å². The highest BCUT2D eigenvalue weighted by atomic mass is 16.3. The minimum Gasteiger partial charge on any atom is -0.393 e.